The highest BCUT2D eigenvalue weighted by Crippen LogP contribution is 2.31. The molecule has 1 atom stereocenters. The zero-order valence-corrected chi connectivity index (χ0v) is 15.1. The van der Waals surface area contributed by atoms with Crippen molar-refractivity contribution in [1.82, 2.24) is 0 Å². The minimum absolute atomic E-state index is 0.290. The topological polar surface area (TPSA) is 26.3 Å². The second-order valence-corrected chi connectivity index (χ2v) is 6.67. The van der Waals surface area contributed by atoms with Crippen molar-refractivity contribution in [2.75, 3.05) is 7.11 Å². The lowest BCUT2D eigenvalue weighted by molar-refractivity contribution is -0.142. The van der Waals surface area contributed by atoms with Gasteiger partial charge in [0.2, 0.25) is 0 Å². The molecule has 0 amide bonds. The standard InChI is InChI=1S/C17H15BrCl2O2/c1-22-17(21)15(14-9-7-13(19)10-16(14)20)8-4-11-2-5-12(18)6-3-11/h2-3,5-7,9-10,15H,4,8H2,1H3/t15-/m1/s1. The highest BCUT2D eigenvalue weighted by atomic mass is 79.9. The van der Waals surface area contributed by atoms with E-state index in [1.54, 1.807) is 18.2 Å². The Balaban J connectivity index is 2.19. The molecule has 0 bridgehead atoms. The van der Waals surface area contributed by atoms with Crippen molar-refractivity contribution in [3.05, 3.63) is 68.1 Å². The first kappa shape index (κ1) is 17.3. The van der Waals surface area contributed by atoms with Crippen LogP contribution in [0.2, 0.25) is 10.0 Å². The number of esters is 1. The highest BCUT2D eigenvalue weighted by molar-refractivity contribution is 9.10. The van der Waals surface area contributed by atoms with Gasteiger partial charge in [0.1, 0.15) is 0 Å². The summed E-state index contributed by atoms with van der Waals surface area (Å²) >= 11 is 15.6. The van der Waals surface area contributed by atoms with Gasteiger partial charge >= 0.3 is 5.97 Å². The largest absolute Gasteiger partial charge is 0.469 e. The molecule has 2 rings (SSSR count). The first-order valence-corrected chi connectivity index (χ1v) is 8.33. The van der Waals surface area contributed by atoms with Crippen molar-refractivity contribution in [2.24, 2.45) is 0 Å². The fourth-order valence-corrected chi connectivity index (χ4v) is 3.09. The molecule has 0 fully saturated rings. The summed E-state index contributed by atoms with van der Waals surface area (Å²) in [4.78, 5) is 12.1. The summed E-state index contributed by atoms with van der Waals surface area (Å²) in [6.45, 7) is 0. The van der Waals surface area contributed by atoms with Crippen LogP contribution in [-0.4, -0.2) is 13.1 Å². The van der Waals surface area contributed by atoms with Crippen LogP contribution in [0.1, 0.15) is 23.5 Å². The third-order valence-corrected chi connectivity index (χ3v) is 4.55. The van der Waals surface area contributed by atoms with E-state index in [4.69, 9.17) is 27.9 Å². The van der Waals surface area contributed by atoms with E-state index in [2.05, 4.69) is 15.9 Å². The van der Waals surface area contributed by atoms with Crippen LogP contribution in [0.3, 0.4) is 0 Å². The van der Waals surface area contributed by atoms with Gasteiger partial charge in [0.25, 0.3) is 0 Å². The van der Waals surface area contributed by atoms with E-state index in [1.807, 2.05) is 24.3 Å². The number of halogens is 3. The molecule has 0 radical (unpaired) electrons. The van der Waals surface area contributed by atoms with E-state index >= 15 is 0 Å². The SMILES string of the molecule is COC(=O)[C@H](CCc1ccc(Br)cc1)c1ccc(Cl)cc1Cl. The quantitative estimate of drug-likeness (QED) is 0.605. The Labute approximate surface area is 148 Å². The molecule has 0 aliphatic rings. The van der Waals surface area contributed by atoms with Crippen LogP contribution in [-0.2, 0) is 16.0 Å². The van der Waals surface area contributed by atoms with Gasteiger partial charge in [0, 0.05) is 14.5 Å². The van der Waals surface area contributed by atoms with Gasteiger partial charge < -0.3 is 4.74 Å². The second-order valence-electron chi connectivity index (χ2n) is 4.91. The maximum Gasteiger partial charge on any atom is 0.313 e. The molecule has 0 aliphatic carbocycles. The van der Waals surface area contributed by atoms with E-state index in [9.17, 15) is 4.79 Å². The minimum atomic E-state index is -0.404. The van der Waals surface area contributed by atoms with Crippen LogP contribution in [0.5, 0.6) is 0 Å². The third-order valence-electron chi connectivity index (χ3n) is 3.46. The van der Waals surface area contributed by atoms with Gasteiger partial charge in [-0.15, -0.1) is 0 Å². The van der Waals surface area contributed by atoms with Crippen molar-refractivity contribution in [3.8, 4) is 0 Å². The molecule has 5 heteroatoms. The van der Waals surface area contributed by atoms with Crippen LogP contribution in [0, 0.1) is 0 Å². The van der Waals surface area contributed by atoms with Crippen molar-refractivity contribution in [1.29, 1.82) is 0 Å². The van der Waals surface area contributed by atoms with Gasteiger partial charge in [0.05, 0.1) is 13.0 Å². The number of carbonyl (C=O) groups is 1. The van der Waals surface area contributed by atoms with Crippen molar-refractivity contribution >= 4 is 45.1 Å². The highest BCUT2D eigenvalue weighted by Gasteiger charge is 2.23. The first-order chi connectivity index (χ1) is 10.5. The number of hydrogen-bond acceptors (Lipinski definition) is 2. The van der Waals surface area contributed by atoms with Crippen molar-refractivity contribution in [2.45, 2.75) is 18.8 Å². The Bertz CT molecular complexity index is 656. The number of methoxy groups -OCH3 is 1. The summed E-state index contributed by atoms with van der Waals surface area (Å²) in [5.41, 5.74) is 1.90. The molecule has 0 aromatic heterocycles. The lowest BCUT2D eigenvalue weighted by atomic mass is 9.92. The van der Waals surface area contributed by atoms with Crippen LogP contribution in [0.25, 0.3) is 0 Å². The first-order valence-electron chi connectivity index (χ1n) is 6.78. The van der Waals surface area contributed by atoms with Crippen molar-refractivity contribution in [3.63, 3.8) is 0 Å². The molecular formula is C17H15BrCl2O2. The summed E-state index contributed by atoms with van der Waals surface area (Å²) in [6, 6.07) is 13.2. The Morgan fingerprint density at radius 1 is 1.18 bits per heavy atom. The zero-order valence-electron chi connectivity index (χ0n) is 12.0. The molecule has 116 valence electrons. The molecule has 0 spiro atoms. The minimum Gasteiger partial charge on any atom is -0.469 e. The average molecular weight is 402 g/mol. The zero-order chi connectivity index (χ0) is 16.1. The molecule has 2 aromatic carbocycles. The molecule has 0 saturated carbocycles. The number of aryl methyl sites for hydroxylation is 1. The molecule has 0 heterocycles. The van der Waals surface area contributed by atoms with Gasteiger partial charge in [-0.25, -0.2) is 0 Å². The molecular weight excluding hydrogens is 387 g/mol. The van der Waals surface area contributed by atoms with E-state index in [-0.39, 0.29) is 5.97 Å². The molecule has 2 nitrogen and oxygen atoms in total. The molecule has 0 unspecified atom stereocenters. The third kappa shape index (κ3) is 4.48. The van der Waals surface area contributed by atoms with Gasteiger partial charge in [0.15, 0.2) is 0 Å². The molecule has 22 heavy (non-hydrogen) atoms. The smallest absolute Gasteiger partial charge is 0.313 e. The fourth-order valence-electron chi connectivity index (χ4n) is 2.29. The fraction of sp³-hybridized carbons (Fsp3) is 0.235. The van der Waals surface area contributed by atoms with Gasteiger partial charge in [-0.2, -0.15) is 0 Å². The van der Waals surface area contributed by atoms with E-state index in [0.717, 1.165) is 22.0 Å². The van der Waals surface area contributed by atoms with Gasteiger partial charge in [-0.05, 0) is 48.2 Å². The number of rotatable bonds is 5. The van der Waals surface area contributed by atoms with E-state index < -0.39 is 5.92 Å². The second kappa shape index (κ2) is 8.00. The predicted molar refractivity (Wildman–Crippen MR) is 93.7 cm³/mol. The van der Waals surface area contributed by atoms with Crippen LogP contribution in [0.4, 0.5) is 0 Å². The normalized spacial score (nSPS) is 12.0. The van der Waals surface area contributed by atoms with E-state index in [0.29, 0.717) is 16.5 Å². The molecule has 0 saturated heterocycles. The number of benzene rings is 2. The Morgan fingerprint density at radius 3 is 2.45 bits per heavy atom. The molecule has 2 aromatic rings. The number of carbonyl (C=O) groups excluding carboxylic acids is 1. The molecule has 0 N–H and O–H groups in total. The van der Waals surface area contributed by atoms with Gasteiger partial charge in [-0.1, -0.05) is 57.3 Å². The average Bonchev–Trinajstić information content (AvgIpc) is 2.50. The Hall–Kier alpha value is -1.03. The molecule has 0 aliphatic heterocycles. The summed E-state index contributed by atoms with van der Waals surface area (Å²) < 4.78 is 5.95. The van der Waals surface area contributed by atoms with Crippen LogP contribution >= 0.6 is 39.1 Å². The maximum absolute atomic E-state index is 12.1. The Morgan fingerprint density at radius 2 is 1.86 bits per heavy atom. The number of ether oxygens (including phenoxy) is 1. The lowest BCUT2D eigenvalue weighted by Crippen LogP contribution is -2.15. The van der Waals surface area contributed by atoms with Crippen LogP contribution in [0.15, 0.2) is 46.9 Å². The van der Waals surface area contributed by atoms with E-state index in [1.165, 1.54) is 7.11 Å². The summed E-state index contributed by atoms with van der Waals surface area (Å²) in [6.07, 6.45) is 1.38. The Kier molecular flexibility index (Phi) is 6.30. The van der Waals surface area contributed by atoms with Crippen LogP contribution < -0.4 is 0 Å². The maximum atomic E-state index is 12.1. The van der Waals surface area contributed by atoms with Gasteiger partial charge in [-0.3, -0.25) is 4.79 Å². The lowest BCUT2D eigenvalue weighted by Gasteiger charge is -2.16. The summed E-state index contributed by atoms with van der Waals surface area (Å²) in [5, 5.41) is 1.03. The summed E-state index contributed by atoms with van der Waals surface area (Å²) in [7, 11) is 1.39. The van der Waals surface area contributed by atoms with Crippen molar-refractivity contribution < 1.29 is 9.53 Å². The number of hydrogen-bond donors (Lipinski definition) is 0. The predicted octanol–water partition coefficient (Wildman–Crippen LogP) is 5.65. The summed E-state index contributed by atoms with van der Waals surface area (Å²) in [5.74, 6) is -0.695. The monoisotopic (exact) mass is 400 g/mol.